The van der Waals surface area contributed by atoms with E-state index in [0.29, 0.717) is 19.4 Å². The predicted octanol–water partition coefficient (Wildman–Crippen LogP) is 17.6. The van der Waals surface area contributed by atoms with E-state index in [2.05, 4.69) is 31.3 Å². The van der Waals surface area contributed by atoms with Crippen molar-refractivity contribution < 1.29 is 49.3 Å². The van der Waals surface area contributed by atoms with Gasteiger partial charge in [-0.05, 0) is 57.8 Å². The molecule has 0 aliphatic carbocycles. The van der Waals surface area contributed by atoms with Gasteiger partial charge in [0.05, 0.1) is 32.0 Å². The first-order valence-corrected chi connectivity index (χ1v) is 35.1. The van der Waals surface area contributed by atoms with Crippen molar-refractivity contribution in [3.05, 3.63) is 24.3 Å². The summed E-state index contributed by atoms with van der Waals surface area (Å²) < 4.78 is 16.7. The molecule has 6 N–H and O–H groups in total. The Bertz CT molecular complexity index is 1390. The van der Waals surface area contributed by atoms with Crippen LogP contribution in [0.3, 0.4) is 0 Å². The molecule has 1 amide bonds. The lowest BCUT2D eigenvalue weighted by molar-refractivity contribution is -0.302. The van der Waals surface area contributed by atoms with Crippen molar-refractivity contribution in [2.75, 3.05) is 19.8 Å². The molecule has 0 saturated carbocycles. The van der Waals surface area contributed by atoms with Gasteiger partial charge in [-0.3, -0.25) is 9.59 Å². The summed E-state index contributed by atoms with van der Waals surface area (Å²) in [6, 6.07) is -0.805. The second kappa shape index (κ2) is 59.9. The van der Waals surface area contributed by atoms with Gasteiger partial charge in [-0.2, -0.15) is 0 Å². The average molecular weight is 1150 g/mol. The second-order valence-corrected chi connectivity index (χ2v) is 24.6. The number of ether oxygens (including phenoxy) is 3. The SMILES string of the molecule is CCCCCCC/C=C\CCCCCCCC(=O)OCCCCCCCCCCCCCCCCCCCCCCCCCCCCCCCCC(=O)NC(COC1OC(CO)C(O)C(O)C1O)C(O)/C=C/CCCCCCCCC. The number of amides is 1. The summed E-state index contributed by atoms with van der Waals surface area (Å²) in [5, 5.41) is 54.3. The van der Waals surface area contributed by atoms with Crippen molar-refractivity contribution in [3.63, 3.8) is 0 Å². The van der Waals surface area contributed by atoms with E-state index in [9.17, 15) is 35.1 Å². The molecule has 7 unspecified atom stereocenters. The summed E-state index contributed by atoms with van der Waals surface area (Å²) >= 11 is 0. The Morgan fingerprint density at radius 2 is 0.790 bits per heavy atom. The first-order valence-electron chi connectivity index (χ1n) is 35.1. The first kappa shape index (κ1) is 77.2. The maximum absolute atomic E-state index is 13.0. The largest absolute Gasteiger partial charge is 0.466 e. The number of hydrogen-bond acceptors (Lipinski definition) is 10. The van der Waals surface area contributed by atoms with Gasteiger partial charge in [-0.25, -0.2) is 0 Å². The number of hydrogen-bond donors (Lipinski definition) is 6. The van der Waals surface area contributed by atoms with Crippen LogP contribution in [0, 0.1) is 0 Å². The first-order chi connectivity index (χ1) is 39.7. The van der Waals surface area contributed by atoms with E-state index < -0.39 is 49.5 Å². The predicted molar refractivity (Wildman–Crippen MR) is 338 cm³/mol. The van der Waals surface area contributed by atoms with E-state index >= 15 is 0 Å². The van der Waals surface area contributed by atoms with Crippen LogP contribution in [-0.2, 0) is 23.8 Å². The molecule has 0 spiro atoms. The lowest BCUT2D eigenvalue weighted by Crippen LogP contribution is -2.60. The molecular weight excluding hydrogens is 1010 g/mol. The number of nitrogens with one attached hydrogen (secondary N) is 1. The number of aliphatic hydroxyl groups is 5. The fraction of sp³-hybridized carbons (Fsp3) is 0.914. The minimum atomic E-state index is -1.57. The van der Waals surface area contributed by atoms with Crippen LogP contribution in [0.5, 0.6) is 0 Å². The van der Waals surface area contributed by atoms with Gasteiger partial charge in [0.25, 0.3) is 0 Å². The topological polar surface area (TPSA) is 175 Å². The summed E-state index contributed by atoms with van der Waals surface area (Å²) in [6.45, 7) is 4.34. The van der Waals surface area contributed by atoms with E-state index in [0.717, 1.165) is 57.8 Å². The average Bonchev–Trinajstić information content (AvgIpc) is 3.47. The van der Waals surface area contributed by atoms with Crippen LogP contribution in [0.25, 0.3) is 0 Å². The summed E-state index contributed by atoms with van der Waals surface area (Å²) in [5.74, 6) is -0.175. The minimum absolute atomic E-state index is 0.00363. The maximum Gasteiger partial charge on any atom is 0.305 e. The third-order valence-electron chi connectivity index (χ3n) is 16.8. The van der Waals surface area contributed by atoms with E-state index in [1.54, 1.807) is 6.08 Å². The Balaban J connectivity index is 1.90. The van der Waals surface area contributed by atoms with E-state index in [-0.39, 0.29) is 18.5 Å². The number of carbonyl (C=O) groups is 2. The Morgan fingerprint density at radius 1 is 0.444 bits per heavy atom. The molecule has 81 heavy (non-hydrogen) atoms. The highest BCUT2D eigenvalue weighted by Crippen LogP contribution is 2.23. The van der Waals surface area contributed by atoms with Gasteiger partial charge in [0.15, 0.2) is 6.29 Å². The molecule has 0 aromatic heterocycles. The van der Waals surface area contributed by atoms with Crippen molar-refractivity contribution in [2.24, 2.45) is 0 Å². The van der Waals surface area contributed by atoms with Gasteiger partial charge >= 0.3 is 5.97 Å². The van der Waals surface area contributed by atoms with Gasteiger partial charge in [-0.15, -0.1) is 0 Å². The Morgan fingerprint density at radius 3 is 1.19 bits per heavy atom. The minimum Gasteiger partial charge on any atom is -0.466 e. The number of rotatable bonds is 62. The Kier molecular flexibility index (Phi) is 57.0. The van der Waals surface area contributed by atoms with Crippen LogP contribution in [0.4, 0.5) is 0 Å². The lowest BCUT2D eigenvalue weighted by atomic mass is 9.99. The molecule has 1 aliphatic rings. The third-order valence-corrected chi connectivity index (χ3v) is 16.8. The molecular formula is C70H133NO10. The van der Waals surface area contributed by atoms with E-state index in [1.807, 2.05) is 6.08 Å². The number of aliphatic hydroxyl groups excluding tert-OH is 5. The quantitative estimate of drug-likeness (QED) is 0.0195. The molecule has 0 radical (unpaired) electrons. The highest BCUT2D eigenvalue weighted by molar-refractivity contribution is 5.76. The highest BCUT2D eigenvalue weighted by atomic mass is 16.7. The summed E-state index contributed by atoms with van der Waals surface area (Å²) in [5.41, 5.74) is 0. The molecule has 11 nitrogen and oxygen atoms in total. The Hall–Kier alpha value is -1.86. The molecule has 7 atom stereocenters. The van der Waals surface area contributed by atoms with Gasteiger partial charge < -0.3 is 45.1 Å². The highest BCUT2D eigenvalue weighted by Gasteiger charge is 2.44. The molecule has 0 bridgehead atoms. The molecule has 478 valence electrons. The number of unbranched alkanes of at least 4 members (excludes halogenated alkanes) is 46. The van der Waals surface area contributed by atoms with E-state index in [4.69, 9.17) is 14.2 Å². The number of esters is 1. The van der Waals surface area contributed by atoms with E-state index in [1.165, 1.54) is 263 Å². The molecule has 1 saturated heterocycles. The smallest absolute Gasteiger partial charge is 0.305 e. The van der Waals surface area contributed by atoms with Crippen LogP contribution in [0.1, 0.15) is 348 Å². The standard InChI is InChI=1S/C70H133NO10/c1-3-5-7-9-11-13-14-15-35-38-42-46-50-54-58-66(75)79-59-55-51-47-43-39-36-33-31-29-27-25-23-21-19-17-16-18-20-22-24-26-28-30-32-34-37-41-45-49-53-57-65(74)71-62(63(73)56-52-48-44-40-12-10-8-6-4-2)61-80-70-69(78)68(77)67(76)64(60-72)81-70/h14-15,52,56,62-64,67-70,72-73,76-78H,3-13,16-51,53-55,57-61H2,1-2H3,(H,71,74)/b15-14-,56-52+. The van der Waals surface area contributed by atoms with Gasteiger partial charge in [0.1, 0.15) is 24.4 Å². The summed E-state index contributed by atoms with van der Waals surface area (Å²) in [4.78, 5) is 25.1. The number of allylic oxidation sites excluding steroid dienone is 3. The zero-order chi connectivity index (χ0) is 58.7. The van der Waals surface area contributed by atoms with Crippen LogP contribution in [0.15, 0.2) is 24.3 Å². The molecule has 1 aliphatic heterocycles. The van der Waals surface area contributed by atoms with Crippen molar-refractivity contribution in [3.8, 4) is 0 Å². The molecule has 1 rings (SSSR count). The van der Waals surface area contributed by atoms with Crippen LogP contribution in [0.2, 0.25) is 0 Å². The monoisotopic (exact) mass is 1150 g/mol. The van der Waals surface area contributed by atoms with Crippen LogP contribution < -0.4 is 5.32 Å². The lowest BCUT2D eigenvalue weighted by Gasteiger charge is -2.40. The fourth-order valence-corrected chi connectivity index (χ4v) is 11.3. The second-order valence-electron chi connectivity index (χ2n) is 24.6. The summed E-state index contributed by atoms with van der Waals surface area (Å²) in [6.07, 6.45) is 64.7. The molecule has 0 aromatic carbocycles. The van der Waals surface area contributed by atoms with Crippen molar-refractivity contribution >= 4 is 11.9 Å². The molecule has 0 aromatic rings. The Labute approximate surface area is 499 Å². The fourth-order valence-electron chi connectivity index (χ4n) is 11.3. The third kappa shape index (κ3) is 49.0. The number of carbonyl (C=O) groups excluding carboxylic acids is 2. The van der Waals surface area contributed by atoms with Gasteiger partial charge in [0, 0.05) is 12.8 Å². The summed E-state index contributed by atoms with van der Waals surface area (Å²) in [7, 11) is 0. The maximum atomic E-state index is 13.0. The van der Waals surface area contributed by atoms with Crippen LogP contribution >= 0.6 is 0 Å². The van der Waals surface area contributed by atoms with Gasteiger partial charge in [-0.1, -0.05) is 301 Å². The van der Waals surface area contributed by atoms with Crippen molar-refractivity contribution in [1.82, 2.24) is 5.32 Å². The van der Waals surface area contributed by atoms with Crippen molar-refractivity contribution in [2.45, 2.75) is 391 Å². The normalized spacial score (nSPS) is 18.3. The van der Waals surface area contributed by atoms with Gasteiger partial charge in [0.2, 0.25) is 5.91 Å². The molecule has 1 heterocycles. The van der Waals surface area contributed by atoms with Crippen LogP contribution in [-0.4, -0.2) is 100 Å². The van der Waals surface area contributed by atoms with Crippen molar-refractivity contribution in [1.29, 1.82) is 0 Å². The zero-order valence-corrected chi connectivity index (χ0v) is 53.0. The molecule has 1 fully saturated rings. The zero-order valence-electron chi connectivity index (χ0n) is 53.0. The molecule has 11 heteroatoms.